The van der Waals surface area contributed by atoms with Crippen molar-refractivity contribution < 1.29 is 14.3 Å². The van der Waals surface area contributed by atoms with Crippen molar-refractivity contribution in [3.05, 3.63) is 74.4 Å². The van der Waals surface area contributed by atoms with Gasteiger partial charge in [-0.05, 0) is 35.7 Å². The minimum absolute atomic E-state index is 0.266. The van der Waals surface area contributed by atoms with Gasteiger partial charge in [0.05, 0.1) is 27.7 Å². The average Bonchev–Trinajstić information content (AvgIpc) is 3.12. The molecule has 0 saturated carbocycles. The molecular formula is C19H15Cl2NO3S. The zero-order valence-electron chi connectivity index (χ0n) is 13.8. The van der Waals surface area contributed by atoms with E-state index in [4.69, 9.17) is 32.7 Å². The van der Waals surface area contributed by atoms with Gasteiger partial charge in [-0.1, -0.05) is 35.3 Å². The van der Waals surface area contributed by atoms with Crippen molar-refractivity contribution in [1.82, 2.24) is 0 Å². The summed E-state index contributed by atoms with van der Waals surface area (Å²) >= 11 is 13.5. The van der Waals surface area contributed by atoms with Gasteiger partial charge >= 0.3 is 0 Å². The molecule has 1 heterocycles. The number of carbonyl (C=O) groups excluding carboxylic acids is 1. The Morgan fingerprint density at radius 3 is 2.50 bits per heavy atom. The van der Waals surface area contributed by atoms with Crippen LogP contribution in [0.1, 0.15) is 15.2 Å². The standard InChI is InChI=1S/C19H15Cl2NO3S/c1-24-13-4-2-5-14(9-13)25-10-12-8-17(26-11-12)19(23)22-18-15(20)6-3-7-16(18)21/h2-9,11H,10H2,1H3,(H,22,23). The lowest BCUT2D eigenvalue weighted by Gasteiger charge is -2.08. The van der Waals surface area contributed by atoms with Crippen LogP contribution in [0, 0.1) is 0 Å². The Morgan fingerprint density at radius 1 is 1.08 bits per heavy atom. The normalized spacial score (nSPS) is 10.4. The topological polar surface area (TPSA) is 47.6 Å². The minimum Gasteiger partial charge on any atom is -0.497 e. The first-order valence-electron chi connectivity index (χ1n) is 7.66. The van der Waals surface area contributed by atoms with E-state index in [0.717, 1.165) is 11.3 Å². The SMILES string of the molecule is COc1cccc(OCc2csc(C(=O)Nc3c(Cl)cccc3Cl)c2)c1. The number of ether oxygens (including phenoxy) is 2. The average molecular weight is 408 g/mol. The largest absolute Gasteiger partial charge is 0.497 e. The lowest BCUT2D eigenvalue weighted by Crippen LogP contribution is -2.11. The predicted octanol–water partition coefficient (Wildman–Crippen LogP) is 5.89. The molecule has 0 radical (unpaired) electrons. The number of hydrogen-bond donors (Lipinski definition) is 1. The van der Waals surface area contributed by atoms with Gasteiger partial charge in [0, 0.05) is 11.6 Å². The molecule has 0 aliphatic carbocycles. The van der Waals surface area contributed by atoms with E-state index in [0.29, 0.717) is 33.0 Å². The molecule has 0 aliphatic heterocycles. The van der Waals surface area contributed by atoms with E-state index in [-0.39, 0.29) is 5.91 Å². The van der Waals surface area contributed by atoms with E-state index >= 15 is 0 Å². The van der Waals surface area contributed by atoms with Gasteiger partial charge in [0.1, 0.15) is 18.1 Å². The molecule has 2 aromatic carbocycles. The summed E-state index contributed by atoms with van der Waals surface area (Å²) in [5.74, 6) is 1.16. The van der Waals surface area contributed by atoms with Crippen LogP contribution in [0.25, 0.3) is 0 Å². The van der Waals surface area contributed by atoms with Crippen molar-refractivity contribution in [3.8, 4) is 11.5 Å². The third-order valence-corrected chi connectivity index (χ3v) is 5.13. The first-order valence-corrected chi connectivity index (χ1v) is 9.30. The van der Waals surface area contributed by atoms with Gasteiger partial charge in [0.25, 0.3) is 5.91 Å². The number of nitrogens with one attached hydrogen (secondary N) is 1. The molecule has 0 saturated heterocycles. The molecule has 0 fully saturated rings. The molecule has 0 aliphatic rings. The van der Waals surface area contributed by atoms with Crippen LogP contribution in [0.15, 0.2) is 53.9 Å². The Bertz CT molecular complexity index is 906. The Kier molecular flexibility index (Phi) is 6.04. The number of benzene rings is 2. The van der Waals surface area contributed by atoms with Crippen LogP contribution in [-0.4, -0.2) is 13.0 Å². The molecule has 1 N–H and O–H groups in total. The van der Waals surface area contributed by atoms with Gasteiger partial charge in [0.2, 0.25) is 0 Å². The third kappa shape index (κ3) is 4.49. The number of carbonyl (C=O) groups is 1. The van der Waals surface area contributed by atoms with Crippen LogP contribution in [0.4, 0.5) is 5.69 Å². The highest BCUT2D eigenvalue weighted by Gasteiger charge is 2.13. The van der Waals surface area contributed by atoms with Crippen molar-refractivity contribution >= 4 is 46.1 Å². The molecule has 0 spiro atoms. The van der Waals surface area contributed by atoms with Crippen molar-refractivity contribution in [2.45, 2.75) is 6.61 Å². The summed E-state index contributed by atoms with van der Waals surface area (Å²) in [5.41, 5.74) is 1.30. The summed E-state index contributed by atoms with van der Waals surface area (Å²) in [4.78, 5) is 13.0. The highest BCUT2D eigenvalue weighted by atomic mass is 35.5. The number of hydrogen-bond acceptors (Lipinski definition) is 4. The quantitative estimate of drug-likeness (QED) is 0.553. The number of anilines is 1. The fraction of sp³-hybridized carbons (Fsp3) is 0.105. The zero-order chi connectivity index (χ0) is 18.5. The summed E-state index contributed by atoms with van der Waals surface area (Å²) in [5, 5.41) is 5.41. The molecule has 134 valence electrons. The number of para-hydroxylation sites is 1. The van der Waals surface area contributed by atoms with Crippen LogP contribution < -0.4 is 14.8 Å². The summed E-state index contributed by atoms with van der Waals surface area (Å²) < 4.78 is 10.9. The predicted molar refractivity (Wildman–Crippen MR) is 106 cm³/mol. The molecule has 1 amide bonds. The fourth-order valence-corrected chi connectivity index (χ4v) is 3.50. The first kappa shape index (κ1) is 18.6. The number of methoxy groups -OCH3 is 1. The second kappa shape index (κ2) is 8.45. The van der Waals surface area contributed by atoms with Crippen molar-refractivity contribution in [1.29, 1.82) is 0 Å². The molecule has 4 nitrogen and oxygen atoms in total. The van der Waals surface area contributed by atoms with Crippen LogP contribution in [-0.2, 0) is 6.61 Å². The maximum Gasteiger partial charge on any atom is 0.265 e. The first-order chi connectivity index (χ1) is 12.6. The summed E-state index contributed by atoms with van der Waals surface area (Å²) in [6.45, 7) is 0.351. The van der Waals surface area contributed by atoms with Crippen molar-refractivity contribution in [3.63, 3.8) is 0 Å². The third-order valence-electron chi connectivity index (χ3n) is 3.53. The van der Waals surface area contributed by atoms with Crippen molar-refractivity contribution in [2.24, 2.45) is 0 Å². The molecule has 3 aromatic rings. The van der Waals surface area contributed by atoms with Gasteiger partial charge in [-0.2, -0.15) is 0 Å². The molecule has 1 aromatic heterocycles. The van der Waals surface area contributed by atoms with Crippen LogP contribution in [0.3, 0.4) is 0 Å². The molecular weight excluding hydrogens is 393 g/mol. The maximum absolute atomic E-state index is 12.4. The second-order valence-electron chi connectivity index (χ2n) is 5.34. The van der Waals surface area contributed by atoms with E-state index in [9.17, 15) is 4.79 Å². The Morgan fingerprint density at radius 2 is 1.77 bits per heavy atom. The zero-order valence-corrected chi connectivity index (χ0v) is 16.1. The van der Waals surface area contributed by atoms with E-state index in [2.05, 4.69) is 5.32 Å². The number of thiophene rings is 1. The summed E-state index contributed by atoms with van der Waals surface area (Å²) in [7, 11) is 1.61. The number of amides is 1. The molecule has 0 bridgehead atoms. The lowest BCUT2D eigenvalue weighted by molar-refractivity contribution is 0.103. The van der Waals surface area contributed by atoms with Crippen LogP contribution in [0.5, 0.6) is 11.5 Å². The van der Waals surface area contributed by atoms with Crippen molar-refractivity contribution in [2.75, 3.05) is 12.4 Å². The Balaban J connectivity index is 1.64. The summed E-state index contributed by atoms with van der Waals surface area (Å²) in [6, 6.07) is 14.2. The highest BCUT2D eigenvalue weighted by molar-refractivity contribution is 7.12. The Labute approximate surface area is 165 Å². The van der Waals surface area contributed by atoms with E-state index in [1.807, 2.05) is 23.6 Å². The lowest BCUT2D eigenvalue weighted by atomic mass is 10.3. The van der Waals surface area contributed by atoms with Gasteiger partial charge in [-0.3, -0.25) is 4.79 Å². The van der Waals surface area contributed by atoms with Gasteiger partial charge < -0.3 is 14.8 Å². The smallest absolute Gasteiger partial charge is 0.265 e. The molecule has 3 rings (SSSR count). The molecule has 0 atom stereocenters. The summed E-state index contributed by atoms with van der Waals surface area (Å²) in [6.07, 6.45) is 0. The Hall–Kier alpha value is -2.21. The molecule has 26 heavy (non-hydrogen) atoms. The fourth-order valence-electron chi connectivity index (χ4n) is 2.22. The van der Waals surface area contributed by atoms with Gasteiger partial charge in [0.15, 0.2) is 0 Å². The van der Waals surface area contributed by atoms with Crippen LogP contribution in [0.2, 0.25) is 10.0 Å². The maximum atomic E-state index is 12.4. The monoisotopic (exact) mass is 407 g/mol. The van der Waals surface area contributed by atoms with Crippen LogP contribution >= 0.6 is 34.5 Å². The minimum atomic E-state index is -0.266. The highest BCUT2D eigenvalue weighted by Crippen LogP contribution is 2.31. The van der Waals surface area contributed by atoms with E-state index in [1.165, 1.54) is 11.3 Å². The van der Waals surface area contributed by atoms with E-state index < -0.39 is 0 Å². The van der Waals surface area contributed by atoms with Gasteiger partial charge in [-0.25, -0.2) is 0 Å². The van der Waals surface area contributed by atoms with E-state index in [1.54, 1.807) is 37.4 Å². The number of halogens is 2. The van der Waals surface area contributed by atoms with Gasteiger partial charge in [-0.15, -0.1) is 11.3 Å². The second-order valence-corrected chi connectivity index (χ2v) is 7.06. The molecule has 7 heteroatoms. The molecule has 0 unspecified atom stereocenters. The number of rotatable bonds is 6.